The van der Waals surface area contributed by atoms with Crippen LogP contribution in [0, 0.1) is 12.8 Å². The van der Waals surface area contributed by atoms with Crippen LogP contribution in [0.3, 0.4) is 0 Å². The van der Waals surface area contributed by atoms with E-state index in [0.29, 0.717) is 10.9 Å². The molecule has 0 atom stereocenters. The monoisotopic (exact) mass is 341 g/mol. The maximum atomic E-state index is 6.60. The molecule has 2 aromatic heterocycles. The smallest absolute Gasteiger partial charge is 0.255 e. The largest absolute Gasteiger partial charge is 0.356 e. The Morgan fingerprint density at radius 3 is 2.67 bits per heavy atom. The molecule has 3 heterocycles. The third-order valence-electron chi connectivity index (χ3n) is 4.86. The summed E-state index contributed by atoms with van der Waals surface area (Å²) in [6.07, 6.45) is 3.88. The van der Waals surface area contributed by atoms with E-state index in [1.54, 1.807) is 0 Å². The van der Waals surface area contributed by atoms with Crippen molar-refractivity contribution < 1.29 is 0 Å². The number of benzene rings is 1. The number of piperidine rings is 1. The van der Waals surface area contributed by atoms with Crippen molar-refractivity contribution in [2.24, 2.45) is 5.92 Å². The van der Waals surface area contributed by atoms with Crippen LogP contribution in [-0.2, 0) is 0 Å². The summed E-state index contributed by atoms with van der Waals surface area (Å²) in [7, 11) is 0. The number of halogens is 1. The van der Waals surface area contributed by atoms with Gasteiger partial charge in [0.15, 0.2) is 0 Å². The minimum atomic E-state index is 0.485. The highest BCUT2D eigenvalue weighted by Crippen LogP contribution is 2.38. The minimum absolute atomic E-state index is 0.485. The molecule has 1 fully saturated rings. The topological polar surface area (TPSA) is 46.3 Å². The molecule has 0 N–H and O–H groups in total. The fourth-order valence-corrected chi connectivity index (χ4v) is 3.66. The zero-order valence-electron chi connectivity index (χ0n) is 13.9. The summed E-state index contributed by atoms with van der Waals surface area (Å²) in [6, 6.07) is 8.26. The van der Waals surface area contributed by atoms with Crippen LogP contribution in [0.25, 0.3) is 16.9 Å². The molecule has 0 bridgehead atoms. The van der Waals surface area contributed by atoms with Gasteiger partial charge in [-0.2, -0.15) is 19.6 Å². The van der Waals surface area contributed by atoms with Crippen molar-refractivity contribution in [2.45, 2.75) is 26.7 Å². The lowest BCUT2D eigenvalue weighted by Crippen LogP contribution is -2.34. The molecule has 0 radical (unpaired) electrons. The fourth-order valence-electron chi connectivity index (χ4n) is 3.40. The second kappa shape index (κ2) is 6.06. The molecular formula is C18H20ClN5. The Morgan fingerprint density at radius 2 is 1.92 bits per heavy atom. The van der Waals surface area contributed by atoms with Crippen molar-refractivity contribution in [3.8, 4) is 11.1 Å². The molecule has 1 aliphatic heterocycles. The van der Waals surface area contributed by atoms with E-state index < -0.39 is 0 Å². The van der Waals surface area contributed by atoms with Gasteiger partial charge in [0.2, 0.25) is 0 Å². The molecule has 0 amide bonds. The first-order valence-electron chi connectivity index (χ1n) is 8.35. The Kier molecular flexibility index (Phi) is 3.88. The predicted octanol–water partition coefficient (Wildman–Crippen LogP) is 3.99. The summed E-state index contributed by atoms with van der Waals surface area (Å²) in [6.45, 7) is 6.40. The zero-order valence-corrected chi connectivity index (χ0v) is 14.7. The number of rotatable bonds is 2. The first-order valence-corrected chi connectivity index (χ1v) is 8.73. The van der Waals surface area contributed by atoms with Crippen LogP contribution in [0.4, 0.5) is 5.82 Å². The predicted molar refractivity (Wildman–Crippen MR) is 96.6 cm³/mol. The van der Waals surface area contributed by atoms with Gasteiger partial charge in [-0.3, -0.25) is 0 Å². The van der Waals surface area contributed by atoms with Crippen molar-refractivity contribution in [1.29, 1.82) is 0 Å². The third-order valence-corrected chi connectivity index (χ3v) is 5.13. The average Bonchev–Trinajstić information content (AvgIpc) is 3.03. The molecule has 1 saturated heterocycles. The minimum Gasteiger partial charge on any atom is -0.356 e. The Morgan fingerprint density at radius 1 is 1.17 bits per heavy atom. The van der Waals surface area contributed by atoms with Gasteiger partial charge >= 0.3 is 0 Å². The van der Waals surface area contributed by atoms with E-state index in [1.807, 2.05) is 16.6 Å². The van der Waals surface area contributed by atoms with Gasteiger partial charge in [0.05, 0.1) is 5.56 Å². The van der Waals surface area contributed by atoms with E-state index in [1.165, 1.54) is 24.7 Å². The molecule has 0 saturated carbocycles. The van der Waals surface area contributed by atoms with Gasteiger partial charge in [-0.15, -0.1) is 0 Å². The quantitative estimate of drug-likeness (QED) is 0.661. The summed E-state index contributed by atoms with van der Waals surface area (Å²) in [5.74, 6) is 2.31. The molecule has 4 rings (SSSR count). The molecule has 1 aliphatic rings. The molecule has 5 nitrogen and oxygen atoms in total. The van der Waals surface area contributed by atoms with Crippen molar-refractivity contribution in [2.75, 3.05) is 18.0 Å². The van der Waals surface area contributed by atoms with Gasteiger partial charge in [-0.05, 0) is 36.8 Å². The molecule has 6 heteroatoms. The lowest BCUT2D eigenvalue weighted by Gasteiger charge is -2.33. The summed E-state index contributed by atoms with van der Waals surface area (Å²) in [5, 5.41) is 4.90. The highest BCUT2D eigenvalue weighted by Gasteiger charge is 2.25. The molecular weight excluding hydrogens is 322 g/mol. The van der Waals surface area contributed by atoms with E-state index in [-0.39, 0.29) is 0 Å². The number of fused-ring (bicyclic) bond motifs is 1. The Balaban J connectivity index is 1.97. The van der Waals surface area contributed by atoms with Gasteiger partial charge < -0.3 is 4.90 Å². The maximum Gasteiger partial charge on any atom is 0.255 e. The van der Waals surface area contributed by atoms with E-state index in [4.69, 9.17) is 11.6 Å². The second-order valence-corrected chi connectivity index (χ2v) is 6.92. The van der Waals surface area contributed by atoms with E-state index >= 15 is 0 Å². The van der Waals surface area contributed by atoms with Gasteiger partial charge in [0, 0.05) is 13.1 Å². The zero-order chi connectivity index (χ0) is 16.7. The summed E-state index contributed by atoms with van der Waals surface area (Å²) < 4.78 is 1.82. The molecule has 124 valence electrons. The first-order chi connectivity index (χ1) is 11.6. The van der Waals surface area contributed by atoms with Crippen molar-refractivity contribution >= 4 is 23.2 Å². The number of nitrogens with zero attached hydrogens (tertiary/aromatic N) is 5. The van der Waals surface area contributed by atoms with E-state index in [0.717, 1.165) is 36.0 Å². The Labute approximate surface area is 146 Å². The first kappa shape index (κ1) is 15.4. The lowest BCUT2D eigenvalue weighted by molar-refractivity contribution is 0.435. The van der Waals surface area contributed by atoms with Crippen LogP contribution in [0.2, 0.25) is 5.15 Å². The van der Waals surface area contributed by atoms with Crippen molar-refractivity contribution in [3.05, 3.63) is 41.3 Å². The molecule has 0 spiro atoms. The van der Waals surface area contributed by atoms with Crippen molar-refractivity contribution in [1.82, 2.24) is 19.6 Å². The average molecular weight is 342 g/mol. The number of anilines is 1. The fraction of sp³-hybridized carbons (Fsp3) is 0.389. The Bertz CT molecular complexity index is 880. The molecule has 3 aromatic rings. The van der Waals surface area contributed by atoms with Crippen LogP contribution in [0.1, 0.15) is 25.3 Å². The highest BCUT2D eigenvalue weighted by molar-refractivity contribution is 6.33. The summed E-state index contributed by atoms with van der Waals surface area (Å²) in [5.41, 5.74) is 3.22. The maximum absolute atomic E-state index is 6.60. The van der Waals surface area contributed by atoms with Crippen LogP contribution >= 0.6 is 11.6 Å². The van der Waals surface area contributed by atoms with Crippen LogP contribution < -0.4 is 4.90 Å². The molecule has 24 heavy (non-hydrogen) atoms. The lowest BCUT2D eigenvalue weighted by atomic mass is 9.97. The molecule has 0 unspecified atom stereocenters. The van der Waals surface area contributed by atoms with Crippen molar-refractivity contribution in [3.63, 3.8) is 0 Å². The van der Waals surface area contributed by atoms with Gasteiger partial charge in [-0.25, -0.2) is 0 Å². The third kappa shape index (κ3) is 2.53. The summed E-state index contributed by atoms with van der Waals surface area (Å²) >= 11 is 6.60. The van der Waals surface area contributed by atoms with E-state index in [2.05, 4.69) is 45.9 Å². The van der Waals surface area contributed by atoms with Gasteiger partial charge in [-0.1, -0.05) is 42.8 Å². The number of aromatic nitrogens is 4. The van der Waals surface area contributed by atoms with Crippen LogP contribution in [0.15, 0.2) is 30.6 Å². The number of hydrogen-bond acceptors (Lipinski definition) is 4. The van der Waals surface area contributed by atoms with Crippen LogP contribution in [-0.4, -0.2) is 32.7 Å². The SMILES string of the molecule is Cc1ccccc1-c1c(Cl)nc2ncnn2c1N1CCC(C)CC1. The normalized spacial score (nSPS) is 16.0. The number of aryl methyl sites for hydroxylation is 1. The second-order valence-electron chi connectivity index (χ2n) is 6.56. The summed E-state index contributed by atoms with van der Waals surface area (Å²) in [4.78, 5) is 11.1. The van der Waals surface area contributed by atoms with E-state index in [9.17, 15) is 0 Å². The number of hydrogen-bond donors (Lipinski definition) is 0. The highest BCUT2D eigenvalue weighted by atomic mass is 35.5. The standard InChI is InChI=1S/C18H20ClN5/c1-12-7-9-23(10-8-12)17-15(14-6-4-3-5-13(14)2)16(19)22-18-20-11-21-24(17)18/h3-6,11-12H,7-10H2,1-2H3. The Hall–Kier alpha value is -2.14. The molecule has 0 aliphatic carbocycles. The molecule has 1 aromatic carbocycles. The van der Waals surface area contributed by atoms with Gasteiger partial charge in [0.1, 0.15) is 17.3 Å². The van der Waals surface area contributed by atoms with Crippen LogP contribution in [0.5, 0.6) is 0 Å². The van der Waals surface area contributed by atoms with Gasteiger partial charge in [0.25, 0.3) is 5.78 Å².